The van der Waals surface area contributed by atoms with E-state index in [1.807, 2.05) is 18.2 Å². The number of carbonyl (C=O) groups is 1. The van der Waals surface area contributed by atoms with E-state index < -0.39 is 0 Å². The molecule has 1 aromatic carbocycles. The molecule has 0 spiro atoms. The highest BCUT2D eigenvalue weighted by molar-refractivity contribution is 5.76. The van der Waals surface area contributed by atoms with Crippen molar-refractivity contribution in [1.82, 2.24) is 10.2 Å². The topological polar surface area (TPSA) is 52.6 Å². The second-order valence-electron chi connectivity index (χ2n) is 8.11. The van der Waals surface area contributed by atoms with Crippen molar-refractivity contribution in [3.05, 3.63) is 35.9 Å². The molecule has 1 saturated carbocycles. The Morgan fingerprint density at radius 2 is 1.81 bits per heavy atom. The van der Waals surface area contributed by atoms with Gasteiger partial charge in [-0.15, -0.1) is 0 Å². The van der Waals surface area contributed by atoms with Gasteiger partial charge in [0.1, 0.15) is 0 Å². The second kappa shape index (κ2) is 10.1. The fraction of sp³-hybridized carbons (Fsp3) is 0.682. The number of aliphatic hydroxyl groups excluding tert-OH is 1. The van der Waals surface area contributed by atoms with Crippen molar-refractivity contribution in [2.45, 2.75) is 69.9 Å². The van der Waals surface area contributed by atoms with Crippen LogP contribution in [-0.4, -0.2) is 47.7 Å². The minimum absolute atomic E-state index is 0.145. The van der Waals surface area contributed by atoms with Crippen molar-refractivity contribution in [2.75, 3.05) is 19.6 Å². The van der Waals surface area contributed by atoms with Crippen LogP contribution in [0.4, 0.5) is 0 Å². The molecule has 144 valence electrons. The Balaban J connectivity index is 1.44. The summed E-state index contributed by atoms with van der Waals surface area (Å²) in [5, 5.41) is 12.9. The summed E-state index contributed by atoms with van der Waals surface area (Å²) in [6.45, 7) is 3.43. The van der Waals surface area contributed by atoms with E-state index in [9.17, 15) is 9.90 Å². The predicted molar refractivity (Wildman–Crippen MR) is 105 cm³/mol. The smallest absolute Gasteiger partial charge is 0.220 e. The van der Waals surface area contributed by atoms with Crippen molar-refractivity contribution in [1.29, 1.82) is 0 Å². The molecule has 26 heavy (non-hydrogen) atoms. The molecular weight excluding hydrogens is 324 g/mol. The van der Waals surface area contributed by atoms with Crippen LogP contribution in [0.2, 0.25) is 0 Å². The zero-order chi connectivity index (χ0) is 18.2. The third-order valence-corrected chi connectivity index (χ3v) is 5.94. The average Bonchev–Trinajstić information content (AvgIpc) is 2.88. The summed E-state index contributed by atoms with van der Waals surface area (Å²) >= 11 is 0. The summed E-state index contributed by atoms with van der Waals surface area (Å²) < 4.78 is 0. The van der Waals surface area contributed by atoms with Crippen LogP contribution in [-0.2, 0) is 11.2 Å². The number of aliphatic hydroxyl groups is 1. The summed E-state index contributed by atoms with van der Waals surface area (Å²) in [6.07, 6.45) is 9.15. The van der Waals surface area contributed by atoms with Gasteiger partial charge >= 0.3 is 0 Å². The van der Waals surface area contributed by atoms with Gasteiger partial charge < -0.3 is 15.3 Å². The fourth-order valence-electron chi connectivity index (χ4n) is 4.26. The molecule has 0 radical (unpaired) electrons. The van der Waals surface area contributed by atoms with Crippen LogP contribution < -0.4 is 5.32 Å². The molecule has 1 amide bonds. The van der Waals surface area contributed by atoms with Crippen molar-refractivity contribution >= 4 is 5.91 Å². The molecule has 2 fully saturated rings. The molecule has 2 N–H and O–H groups in total. The van der Waals surface area contributed by atoms with E-state index in [2.05, 4.69) is 22.3 Å². The first kappa shape index (κ1) is 19.4. The lowest BCUT2D eigenvalue weighted by atomic mass is 9.75. The normalized spacial score (nSPS) is 25.1. The van der Waals surface area contributed by atoms with Gasteiger partial charge in [0.2, 0.25) is 5.91 Å². The van der Waals surface area contributed by atoms with Gasteiger partial charge in [-0.05, 0) is 69.6 Å². The van der Waals surface area contributed by atoms with Gasteiger partial charge in [-0.25, -0.2) is 0 Å². The highest BCUT2D eigenvalue weighted by Gasteiger charge is 2.34. The quantitative estimate of drug-likeness (QED) is 0.751. The highest BCUT2D eigenvalue weighted by Crippen LogP contribution is 2.31. The van der Waals surface area contributed by atoms with E-state index in [4.69, 9.17) is 0 Å². The molecule has 3 rings (SSSR count). The number of benzene rings is 1. The number of nitrogens with one attached hydrogen (secondary N) is 1. The molecule has 1 atom stereocenters. The van der Waals surface area contributed by atoms with Gasteiger partial charge in [0.25, 0.3) is 0 Å². The number of rotatable bonds is 8. The van der Waals surface area contributed by atoms with Gasteiger partial charge in [-0.3, -0.25) is 4.79 Å². The Bertz CT molecular complexity index is 534. The lowest BCUT2D eigenvalue weighted by Crippen LogP contribution is -2.48. The van der Waals surface area contributed by atoms with E-state index in [1.54, 1.807) is 0 Å². The summed E-state index contributed by atoms with van der Waals surface area (Å²) in [7, 11) is 0. The van der Waals surface area contributed by atoms with Gasteiger partial charge in [0.15, 0.2) is 0 Å². The summed E-state index contributed by atoms with van der Waals surface area (Å²) in [5.74, 6) is 0.571. The minimum atomic E-state index is -0.182. The van der Waals surface area contributed by atoms with Crippen molar-refractivity contribution in [3.63, 3.8) is 0 Å². The molecule has 1 aliphatic heterocycles. The van der Waals surface area contributed by atoms with E-state index in [0.29, 0.717) is 12.3 Å². The number of hydrogen-bond acceptors (Lipinski definition) is 3. The molecule has 1 aliphatic carbocycles. The van der Waals surface area contributed by atoms with Crippen LogP contribution in [0.15, 0.2) is 30.3 Å². The molecule has 1 saturated heterocycles. The average molecular weight is 359 g/mol. The van der Waals surface area contributed by atoms with Crippen molar-refractivity contribution in [2.24, 2.45) is 5.92 Å². The third-order valence-electron chi connectivity index (χ3n) is 5.94. The van der Waals surface area contributed by atoms with E-state index in [-0.39, 0.29) is 18.1 Å². The van der Waals surface area contributed by atoms with E-state index >= 15 is 0 Å². The van der Waals surface area contributed by atoms with Gasteiger partial charge in [-0.2, -0.15) is 0 Å². The maximum absolute atomic E-state index is 12.5. The highest BCUT2D eigenvalue weighted by atomic mass is 16.3. The second-order valence-corrected chi connectivity index (χ2v) is 8.11. The van der Waals surface area contributed by atoms with Crippen molar-refractivity contribution in [3.8, 4) is 0 Å². The number of likely N-dealkylation sites (tertiary alicyclic amines) is 1. The summed E-state index contributed by atoms with van der Waals surface area (Å²) in [6, 6.07) is 10.5. The SMILES string of the molecule is O=C(CCCN1CCCCCC1)N[C@H](Cc1ccccc1)C1CC(O)C1. The molecule has 4 nitrogen and oxygen atoms in total. The molecule has 1 heterocycles. The Morgan fingerprint density at radius 1 is 1.12 bits per heavy atom. The van der Waals surface area contributed by atoms with Crippen LogP contribution in [0.25, 0.3) is 0 Å². The van der Waals surface area contributed by atoms with Crippen molar-refractivity contribution < 1.29 is 9.90 Å². The number of nitrogens with zero attached hydrogens (tertiary/aromatic N) is 1. The Labute approximate surface area is 158 Å². The van der Waals surface area contributed by atoms with Gasteiger partial charge in [-0.1, -0.05) is 43.2 Å². The monoisotopic (exact) mass is 358 g/mol. The van der Waals surface area contributed by atoms with Crippen LogP contribution in [0.1, 0.15) is 56.9 Å². The maximum Gasteiger partial charge on any atom is 0.220 e. The fourth-order valence-corrected chi connectivity index (χ4v) is 4.26. The molecule has 0 bridgehead atoms. The standard InChI is InChI=1S/C22H34N2O2/c25-20-16-19(17-20)21(15-18-9-4-3-5-10-18)23-22(26)11-8-14-24-12-6-1-2-7-13-24/h3-5,9-10,19-21,25H,1-2,6-8,11-17H2,(H,23,26)/t19?,20?,21-/m1/s1. The number of hydrogen-bond donors (Lipinski definition) is 2. The van der Waals surface area contributed by atoms with Crippen LogP contribution >= 0.6 is 0 Å². The summed E-state index contributed by atoms with van der Waals surface area (Å²) in [4.78, 5) is 15.0. The summed E-state index contributed by atoms with van der Waals surface area (Å²) in [5.41, 5.74) is 1.25. The molecule has 0 unspecified atom stereocenters. The molecule has 4 heteroatoms. The number of amides is 1. The lowest BCUT2D eigenvalue weighted by molar-refractivity contribution is -0.123. The van der Waals surface area contributed by atoms with E-state index in [0.717, 1.165) is 32.2 Å². The van der Waals surface area contributed by atoms with E-state index in [1.165, 1.54) is 44.3 Å². The molecular formula is C22H34N2O2. The van der Waals surface area contributed by atoms with Crippen LogP contribution in [0.3, 0.4) is 0 Å². The number of carbonyl (C=O) groups excluding carboxylic acids is 1. The zero-order valence-electron chi connectivity index (χ0n) is 15.9. The van der Waals surface area contributed by atoms with Crippen LogP contribution in [0.5, 0.6) is 0 Å². The first-order valence-corrected chi connectivity index (χ1v) is 10.4. The van der Waals surface area contributed by atoms with Gasteiger partial charge in [0, 0.05) is 12.5 Å². The predicted octanol–water partition coefficient (Wildman–Crippen LogP) is 3.14. The third kappa shape index (κ3) is 6.10. The molecule has 0 aromatic heterocycles. The molecule has 1 aromatic rings. The Kier molecular flexibility index (Phi) is 7.51. The lowest BCUT2D eigenvalue weighted by Gasteiger charge is -2.38. The largest absolute Gasteiger partial charge is 0.393 e. The Morgan fingerprint density at radius 3 is 2.46 bits per heavy atom. The first-order valence-electron chi connectivity index (χ1n) is 10.4. The maximum atomic E-state index is 12.5. The Hall–Kier alpha value is -1.39. The molecule has 2 aliphatic rings. The zero-order valence-corrected chi connectivity index (χ0v) is 15.9. The first-order chi connectivity index (χ1) is 12.7. The van der Waals surface area contributed by atoms with Gasteiger partial charge in [0.05, 0.1) is 6.10 Å². The van der Waals surface area contributed by atoms with Crippen LogP contribution in [0, 0.1) is 5.92 Å². The minimum Gasteiger partial charge on any atom is -0.393 e.